The number of halogens is 2. The minimum Gasteiger partial charge on any atom is -0.390 e. The predicted octanol–water partition coefficient (Wildman–Crippen LogP) is -1.98. The molecule has 0 fully saturated rings. The topological polar surface area (TPSA) is 101 Å². The molecule has 1 atom stereocenters. The summed E-state index contributed by atoms with van der Waals surface area (Å²) in [5.41, 5.74) is 9.92. The van der Waals surface area contributed by atoms with Gasteiger partial charge < -0.3 is 21.9 Å². The largest absolute Gasteiger partial charge is 0.390 e. The molecule has 78 valence electrons. The third kappa shape index (κ3) is 5.45. The summed E-state index contributed by atoms with van der Waals surface area (Å²) in [5.74, 6) is -3.96. The van der Waals surface area contributed by atoms with Crippen LogP contribution in [0.15, 0.2) is 0 Å². The highest BCUT2D eigenvalue weighted by Gasteiger charge is 2.27. The van der Waals surface area contributed by atoms with Gasteiger partial charge in [-0.05, 0) is 0 Å². The summed E-state index contributed by atoms with van der Waals surface area (Å²) in [6, 6.07) is -0.991. The van der Waals surface area contributed by atoms with Gasteiger partial charge in [0.25, 0.3) is 5.92 Å². The van der Waals surface area contributed by atoms with E-state index < -0.39 is 31.0 Å². The lowest BCUT2D eigenvalue weighted by molar-refractivity contribution is -0.119. The van der Waals surface area contributed by atoms with Crippen LogP contribution in [-0.4, -0.2) is 42.7 Å². The number of carbonyl (C=O) groups excluding carboxylic acids is 1. The summed E-state index contributed by atoms with van der Waals surface area (Å²) in [6.07, 6.45) is 0. The van der Waals surface area contributed by atoms with Crippen molar-refractivity contribution in [3.05, 3.63) is 0 Å². The Kier molecular flexibility index (Phi) is 4.74. The van der Waals surface area contributed by atoms with E-state index in [0.29, 0.717) is 0 Å². The minimum atomic E-state index is -3.20. The predicted molar refractivity (Wildman–Crippen MR) is 42.1 cm³/mol. The summed E-state index contributed by atoms with van der Waals surface area (Å²) in [5, 5.41) is 10.4. The highest BCUT2D eigenvalue weighted by Crippen LogP contribution is 2.09. The second kappa shape index (κ2) is 5.05. The van der Waals surface area contributed by atoms with Gasteiger partial charge in [-0.3, -0.25) is 4.79 Å². The molecule has 7 heteroatoms. The number of carbonyl (C=O) groups is 1. The number of hydrogen-bond acceptors (Lipinski definition) is 4. The summed E-state index contributed by atoms with van der Waals surface area (Å²) in [6.45, 7) is -2.11. The van der Waals surface area contributed by atoms with E-state index in [4.69, 9.17) is 16.6 Å². The van der Waals surface area contributed by atoms with Gasteiger partial charge in [0.1, 0.15) is 6.61 Å². The number of nitrogens with two attached hydrogens (primary N) is 2. The SMILES string of the molecule is NC(=O)C(N)CNCC(F)(F)CO. The van der Waals surface area contributed by atoms with Gasteiger partial charge in [0, 0.05) is 6.54 Å². The standard InChI is InChI=1S/C6H13F2N3O2/c7-6(8,3-12)2-11-1-4(9)5(10)13/h4,11-12H,1-3,9H2,(H2,10,13). The van der Waals surface area contributed by atoms with Crippen molar-refractivity contribution in [2.75, 3.05) is 19.7 Å². The Hall–Kier alpha value is -0.790. The number of hydrogen-bond donors (Lipinski definition) is 4. The summed E-state index contributed by atoms with van der Waals surface area (Å²) < 4.78 is 24.7. The maximum absolute atomic E-state index is 12.3. The molecule has 0 saturated heterocycles. The van der Waals surface area contributed by atoms with Crippen molar-refractivity contribution in [3.63, 3.8) is 0 Å². The Balaban J connectivity index is 3.62. The Morgan fingerprint density at radius 1 is 1.62 bits per heavy atom. The number of aliphatic hydroxyl groups excluding tert-OH is 1. The Bertz CT molecular complexity index is 177. The maximum atomic E-state index is 12.3. The van der Waals surface area contributed by atoms with Crippen LogP contribution < -0.4 is 16.8 Å². The first-order chi connectivity index (χ1) is 5.89. The van der Waals surface area contributed by atoms with Crippen molar-refractivity contribution in [2.45, 2.75) is 12.0 Å². The van der Waals surface area contributed by atoms with Crippen molar-refractivity contribution < 1.29 is 18.7 Å². The summed E-state index contributed by atoms with van der Waals surface area (Å²) in [7, 11) is 0. The fraction of sp³-hybridized carbons (Fsp3) is 0.833. The molecule has 1 unspecified atom stereocenters. The van der Waals surface area contributed by atoms with E-state index in [1.807, 2.05) is 0 Å². The van der Waals surface area contributed by atoms with Crippen molar-refractivity contribution in [3.8, 4) is 0 Å². The van der Waals surface area contributed by atoms with Gasteiger partial charge in [-0.1, -0.05) is 0 Å². The van der Waals surface area contributed by atoms with E-state index in [-0.39, 0.29) is 6.54 Å². The van der Waals surface area contributed by atoms with Gasteiger partial charge in [0.2, 0.25) is 5.91 Å². The van der Waals surface area contributed by atoms with Gasteiger partial charge >= 0.3 is 0 Å². The van der Waals surface area contributed by atoms with E-state index in [2.05, 4.69) is 5.32 Å². The second-order valence-electron chi connectivity index (χ2n) is 2.65. The Morgan fingerprint density at radius 2 is 2.15 bits per heavy atom. The summed E-state index contributed by atoms with van der Waals surface area (Å²) >= 11 is 0. The average Bonchev–Trinajstić information content (AvgIpc) is 2.04. The fourth-order valence-electron chi connectivity index (χ4n) is 0.567. The van der Waals surface area contributed by atoms with E-state index in [1.54, 1.807) is 0 Å². The highest BCUT2D eigenvalue weighted by atomic mass is 19.3. The molecule has 5 nitrogen and oxygen atoms in total. The fourth-order valence-corrected chi connectivity index (χ4v) is 0.567. The van der Waals surface area contributed by atoms with Crippen molar-refractivity contribution in [1.82, 2.24) is 5.32 Å². The van der Waals surface area contributed by atoms with Gasteiger partial charge in [-0.2, -0.15) is 0 Å². The molecule has 13 heavy (non-hydrogen) atoms. The molecule has 0 aliphatic carbocycles. The molecule has 0 aromatic rings. The van der Waals surface area contributed by atoms with Crippen LogP contribution in [0.1, 0.15) is 0 Å². The number of primary amides is 1. The third-order valence-corrected chi connectivity index (χ3v) is 1.34. The van der Waals surface area contributed by atoms with Crippen LogP contribution in [0.3, 0.4) is 0 Å². The van der Waals surface area contributed by atoms with Crippen molar-refractivity contribution >= 4 is 5.91 Å². The van der Waals surface area contributed by atoms with E-state index in [9.17, 15) is 13.6 Å². The Labute approximate surface area is 74.1 Å². The maximum Gasteiger partial charge on any atom is 0.282 e. The molecule has 0 spiro atoms. The molecular weight excluding hydrogens is 184 g/mol. The molecule has 0 bridgehead atoms. The van der Waals surface area contributed by atoms with Crippen molar-refractivity contribution in [2.24, 2.45) is 11.5 Å². The summed E-state index contributed by atoms with van der Waals surface area (Å²) in [4.78, 5) is 10.3. The number of nitrogens with one attached hydrogen (secondary N) is 1. The third-order valence-electron chi connectivity index (χ3n) is 1.34. The lowest BCUT2D eigenvalue weighted by Gasteiger charge is -2.15. The normalized spacial score (nSPS) is 14.2. The van der Waals surface area contributed by atoms with Gasteiger partial charge in [-0.15, -0.1) is 0 Å². The smallest absolute Gasteiger partial charge is 0.282 e. The molecule has 1 amide bonds. The van der Waals surface area contributed by atoms with Crippen LogP contribution in [-0.2, 0) is 4.79 Å². The molecule has 0 aromatic heterocycles. The first-order valence-corrected chi connectivity index (χ1v) is 3.63. The first kappa shape index (κ1) is 12.2. The molecule has 0 aromatic carbocycles. The molecule has 6 N–H and O–H groups in total. The molecular formula is C6H13F2N3O2. The molecule has 0 aliphatic heterocycles. The number of rotatable bonds is 6. The zero-order valence-corrected chi connectivity index (χ0v) is 6.96. The van der Waals surface area contributed by atoms with Crippen LogP contribution in [0.4, 0.5) is 8.78 Å². The second-order valence-corrected chi connectivity index (χ2v) is 2.65. The van der Waals surface area contributed by atoms with Crippen LogP contribution in [0, 0.1) is 0 Å². The van der Waals surface area contributed by atoms with Gasteiger partial charge in [-0.25, -0.2) is 8.78 Å². The monoisotopic (exact) mass is 197 g/mol. The zero-order chi connectivity index (χ0) is 10.5. The lowest BCUT2D eigenvalue weighted by atomic mass is 10.3. The van der Waals surface area contributed by atoms with E-state index in [0.717, 1.165) is 0 Å². The van der Waals surface area contributed by atoms with Gasteiger partial charge in [0.05, 0.1) is 12.6 Å². The van der Waals surface area contributed by atoms with E-state index in [1.165, 1.54) is 0 Å². The van der Waals surface area contributed by atoms with Gasteiger partial charge in [0.15, 0.2) is 0 Å². The average molecular weight is 197 g/mol. The molecule has 0 saturated carbocycles. The molecule has 0 aliphatic rings. The van der Waals surface area contributed by atoms with Crippen LogP contribution in [0.2, 0.25) is 0 Å². The minimum absolute atomic E-state index is 0.134. The van der Waals surface area contributed by atoms with Crippen LogP contribution >= 0.6 is 0 Å². The molecule has 0 radical (unpaired) electrons. The van der Waals surface area contributed by atoms with Crippen LogP contribution in [0.5, 0.6) is 0 Å². The molecule has 0 heterocycles. The lowest BCUT2D eigenvalue weighted by Crippen LogP contribution is -2.47. The Morgan fingerprint density at radius 3 is 2.54 bits per heavy atom. The number of aliphatic hydroxyl groups is 1. The zero-order valence-electron chi connectivity index (χ0n) is 6.96. The highest BCUT2D eigenvalue weighted by molar-refractivity contribution is 5.79. The molecule has 0 rings (SSSR count). The van der Waals surface area contributed by atoms with E-state index >= 15 is 0 Å². The van der Waals surface area contributed by atoms with Crippen molar-refractivity contribution in [1.29, 1.82) is 0 Å². The number of amides is 1. The van der Waals surface area contributed by atoms with Crippen LogP contribution in [0.25, 0.3) is 0 Å². The number of alkyl halides is 2. The quantitative estimate of drug-likeness (QED) is 0.396. The first-order valence-electron chi connectivity index (χ1n) is 3.63.